The van der Waals surface area contributed by atoms with E-state index in [1.54, 1.807) is 14.0 Å². The number of amides is 1. The first kappa shape index (κ1) is 17.6. The third-order valence-corrected chi connectivity index (χ3v) is 4.22. The van der Waals surface area contributed by atoms with E-state index in [2.05, 4.69) is 17.1 Å². The Bertz CT molecular complexity index is 499. The molecule has 1 amide bonds. The first-order valence-corrected chi connectivity index (χ1v) is 8.46. The minimum Gasteiger partial charge on any atom is -0.493 e. The molecule has 1 aromatic rings. The summed E-state index contributed by atoms with van der Waals surface area (Å²) in [6.45, 7) is 7.23. The van der Waals surface area contributed by atoms with Gasteiger partial charge in [-0.15, -0.1) is 0 Å². The number of nitrogens with one attached hydrogen (secondary N) is 1. The van der Waals surface area contributed by atoms with E-state index < -0.39 is 6.10 Å². The zero-order valence-corrected chi connectivity index (χ0v) is 14.4. The molecule has 0 radical (unpaired) electrons. The number of likely N-dealkylation sites (tertiary alicyclic amines) is 1. The van der Waals surface area contributed by atoms with E-state index in [9.17, 15) is 4.79 Å². The van der Waals surface area contributed by atoms with E-state index in [0.29, 0.717) is 11.5 Å². The van der Waals surface area contributed by atoms with Gasteiger partial charge in [0, 0.05) is 19.1 Å². The summed E-state index contributed by atoms with van der Waals surface area (Å²) in [7, 11) is 1.59. The number of hydrogen-bond donors (Lipinski definition) is 1. The highest BCUT2D eigenvalue weighted by Gasteiger charge is 2.23. The van der Waals surface area contributed by atoms with Crippen LogP contribution in [0.3, 0.4) is 0 Å². The molecule has 0 unspecified atom stereocenters. The molecule has 0 aliphatic carbocycles. The number of carbonyl (C=O) groups is 1. The van der Waals surface area contributed by atoms with Crippen molar-refractivity contribution in [2.45, 2.75) is 45.3 Å². The summed E-state index contributed by atoms with van der Waals surface area (Å²) < 4.78 is 11.0. The Balaban J connectivity index is 1.81. The van der Waals surface area contributed by atoms with Crippen molar-refractivity contribution in [2.24, 2.45) is 0 Å². The highest BCUT2D eigenvalue weighted by atomic mass is 16.5. The SMILES string of the molecule is CCCN1CCC(NC(=O)[C@H](C)Oc2ccccc2OC)CC1. The number of methoxy groups -OCH3 is 1. The molecule has 0 saturated carbocycles. The average Bonchev–Trinajstić information content (AvgIpc) is 2.57. The molecule has 2 rings (SSSR count). The lowest BCUT2D eigenvalue weighted by Gasteiger charge is -2.32. The smallest absolute Gasteiger partial charge is 0.260 e. The highest BCUT2D eigenvalue weighted by molar-refractivity contribution is 5.81. The predicted molar refractivity (Wildman–Crippen MR) is 91.0 cm³/mol. The van der Waals surface area contributed by atoms with Crippen molar-refractivity contribution in [3.63, 3.8) is 0 Å². The Morgan fingerprint density at radius 1 is 1.30 bits per heavy atom. The van der Waals surface area contributed by atoms with Gasteiger partial charge in [-0.1, -0.05) is 19.1 Å². The summed E-state index contributed by atoms with van der Waals surface area (Å²) >= 11 is 0. The number of piperidine rings is 1. The van der Waals surface area contributed by atoms with Crippen LogP contribution in [0.2, 0.25) is 0 Å². The molecule has 1 aromatic carbocycles. The summed E-state index contributed by atoms with van der Waals surface area (Å²) in [4.78, 5) is 14.8. The van der Waals surface area contributed by atoms with Crippen molar-refractivity contribution in [3.05, 3.63) is 24.3 Å². The molecule has 1 atom stereocenters. The van der Waals surface area contributed by atoms with E-state index in [0.717, 1.165) is 32.5 Å². The Morgan fingerprint density at radius 2 is 1.96 bits per heavy atom. The maximum absolute atomic E-state index is 12.3. The Morgan fingerprint density at radius 3 is 2.57 bits per heavy atom. The third-order valence-electron chi connectivity index (χ3n) is 4.22. The molecule has 5 nitrogen and oxygen atoms in total. The molecule has 1 saturated heterocycles. The molecule has 128 valence electrons. The molecule has 1 N–H and O–H groups in total. The number of nitrogens with zero attached hydrogens (tertiary/aromatic N) is 1. The number of benzene rings is 1. The molecule has 1 fully saturated rings. The Hall–Kier alpha value is -1.75. The third kappa shape index (κ3) is 5.13. The fourth-order valence-electron chi connectivity index (χ4n) is 2.90. The van der Waals surface area contributed by atoms with Crippen LogP contribution in [0, 0.1) is 0 Å². The molecule has 1 heterocycles. The van der Waals surface area contributed by atoms with Gasteiger partial charge in [0.1, 0.15) is 0 Å². The van der Waals surface area contributed by atoms with Gasteiger partial charge in [-0.05, 0) is 44.9 Å². The van der Waals surface area contributed by atoms with Gasteiger partial charge >= 0.3 is 0 Å². The quantitative estimate of drug-likeness (QED) is 0.838. The zero-order valence-electron chi connectivity index (χ0n) is 14.4. The Labute approximate surface area is 139 Å². The first-order chi connectivity index (χ1) is 11.1. The van der Waals surface area contributed by atoms with Crippen LogP contribution in [0.1, 0.15) is 33.1 Å². The number of hydrogen-bond acceptors (Lipinski definition) is 4. The van der Waals surface area contributed by atoms with Crippen molar-refractivity contribution >= 4 is 5.91 Å². The molecule has 1 aliphatic heterocycles. The zero-order chi connectivity index (χ0) is 16.7. The lowest BCUT2D eigenvalue weighted by Crippen LogP contribution is -2.48. The largest absolute Gasteiger partial charge is 0.493 e. The van der Waals surface area contributed by atoms with E-state index in [4.69, 9.17) is 9.47 Å². The minimum absolute atomic E-state index is 0.0650. The van der Waals surface area contributed by atoms with Crippen molar-refractivity contribution in [2.75, 3.05) is 26.7 Å². The van der Waals surface area contributed by atoms with Crippen LogP contribution in [0.5, 0.6) is 11.5 Å². The molecule has 0 bridgehead atoms. The van der Waals surface area contributed by atoms with E-state index in [-0.39, 0.29) is 11.9 Å². The van der Waals surface area contributed by atoms with Gasteiger partial charge in [0.15, 0.2) is 17.6 Å². The van der Waals surface area contributed by atoms with E-state index in [1.165, 1.54) is 6.42 Å². The molecular weight excluding hydrogens is 292 g/mol. The summed E-state index contributed by atoms with van der Waals surface area (Å²) in [6, 6.07) is 7.63. The van der Waals surface area contributed by atoms with Crippen LogP contribution in [0.4, 0.5) is 0 Å². The van der Waals surface area contributed by atoms with Crippen molar-refractivity contribution in [3.8, 4) is 11.5 Å². The van der Waals surface area contributed by atoms with Gasteiger partial charge in [-0.2, -0.15) is 0 Å². The molecule has 0 spiro atoms. The van der Waals surface area contributed by atoms with Gasteiger partial charge in [0.05, 0.1) is 7.11 Å². The molecule has 1 aliphatic rings. The van der Waals surface area contributed by atoms with Crippen molar-refractivity contribution < 1.29 is 14.3 Å². The van der Waals surface area contributed by atoms with Crippen molar-refractivity contribution in [1.82, 2.24) is 10.2 Å². The average molecular weight is 320 g/mol. The van der Waals surface area contributed by atoms with Crippen LogP contribution >= 0.6 is 0 Å². The summed E-state index contributed by atoms with van der Waals surface area (Å²) in [5.41, 5.74) is 0. The van der Waals surface area contributed by atoms with E-state index in [1.807, 2.05) is 24.3 Å². The number of carbonyl (C=O) groups excluding carboxylic acids is 1. The van der Waals surface area contributed by atoms with Crippen LogP contribution in [0.25, 0.3) is 0 Å². The standard InChI is InChI=1S/C18H28N2O3/c1-4-11-20-12-9-15(10-13-20)19-18(21)14(2)23-17-8-6-5-7-16(17)22-3/h5-8,14-15H,4,9-13H2,1-3H3,(H,19,21)/t14-/m0/s1. The molecule has 23 heavy (non-hydrogen) atoms. The van der Waals surface area contributed by atoms with Gasteiger partial charge in [-0.25, -0.2) is 0 Å². The number of rotatable bonds is 7. The normalized spacial score (nSPS) is 17.5. The number of ether oxygens (including phenoxy) is 2. The fourth-order valence-corrected chi connectivity index (χ4v) is 2.90. The van der Waals surface area contributed by atoms with Crippen LogP contribution in [-0.2, 0) is 4.79 Å². The lowest BCUT2D eigenvalue weighted by atomic mass is 10.0. The maximum atomic E-state index is 12.3. The van der Waals surface area contributed by atoms with Gasteiger partial charge in [-0.3, -0.25) is 4.79 Å². The van der Waals surface area contributed by atoms with Gasteiger partial charge < -0.3 is 19.7 Å². The van der Waals surface area contributed by atoms with Crippen LogP contribution in [-0.4, -0.2) is 49.7 Å². The minimum atomic E-state index is -0.542. The van der Waals surface area contributed by atoms with Gasteiger partial charge in [0.2, 0.25) is 0 Å². The van der Waals surface area contributed by atoms with Crippen LogP contribution in [0.15, 0.2) is 24.3 Å². The second-order valence-electron chi connectivity index (χ2n) is 6.04. The van der Waals surface area contributed by atoms with E-state index >= 15 is 0 Å². The molecule has 0 aromatic heterocycles. The van der Waals surface area contributed by atoms with Crippen molar-refractivity contribution in [1.29, 1.82) is 0 Å². The lowest BCUT2D eigenvalue weighted by molar-refractivity contribution is -0.128. The van der Waals surface area contributed by atoms with Gasteiger partial charge in [0.25, 0.3) is 5.91 Å². The summed E-state index contributed by atoms with van der Waals surface area (Å²) in [5.74, 6) is 1.17. The monoisotopic (exact) mass is 320 g/mol. The second-order valence-corrected chi connectivity index (χ2v) is 6.04. The summed E-state index contributed by atoms with van der Waals surface area (Å²) in [6.07, 6.45) is 2.65. The predicted octanol–water partition coefficient (Wildman–Crippen LogP) is 2.45. The number of para-hydroxylation sites is 2. The second kappa shape index (κ2) is 8.77. The van der Waals surface area contributed by atoms with Crippen LogP contribution < -0.4 is 14.8 Å². The molecule has 5 heteroatoms. The highest BCUT2D eigenvalue weighted by Crippen LogP contribution is 2.26. The first-order valence-electron chi connectivity index (χ1n) is 8.46. The maximum Gasteiger partial charge on any atom is 0.260 e. The fraction of sp³-hybridized carbons (Fsp3) is 0.611. The topological polar surface area (TPSA) is 50.8 Å². The molecular formula is C18H28N2O3. The summed E-state index contributed by atoms with van der Waals surface area (Å²) in [5, 5.41) is 3.11. The Kier molecular flexibility index (Phi) is 6.71.